The van der Waals surface area contributed by atoms with Gasteiger partial charge in [0.15, 0.2) is 15.8 Å². The lowest BCUT2D eigenvalue weighted by molar-refractivity contribution is 0.559. The number of aliphatic imine (C=N–C) groups is 1. The van der Waals surface area contributed by atoms with Crippen molar-refractivity contribution in [2.24, 2.45) is 4.99 Å². The van der Waals surface area contributed by atoms with E-state index in [2.05, 4.69) is 16.7 Å². The van der Waals surface area contributed by atoms with Crippen LogP contribution >= 0.6 is 11.6 Å². The third-order valence-electron chi connectivity index (χ3n) is 4.77. The molecule has 1 aliphatic rings. The zero-order valence-corrected chi connectivity index (χ0v) is 17.7. The van der Waals surface area contributed by atoms with Gasteiger partial charge in [-0.15, -0.1) is 0 Å². The predicted molar refractivity (Wildman–Crippen MR) is 110 cm³/mol. The summed E-state index contributed by atoms with van der Waals surface area (Å²) in [7, 11) is -3.15. The van der Waals surface area contributed by atoms with Crippen LogP contribution in [0.15, 0.2) is 29.3 Å². The van der Waals surface area contributed by atoms with Gasteiger partial charge in [-0.2, -0.15) is 0 Å². The Kier molecular flexibility index (Phi) is 6.61. The lowest BCUT2D eigenvalue weighted by Crippen LogP contribution is -2.42. The zero-order chi connectivity index (χ0) is 19.4. The van der Waals surface area contributed by atoms with Gasteiger partial charge in [0.25, 0.3) is 0 Å². The predicted octanol–water partition coefficient (Wildman–Crippen LogP) is 3.14. The lowest BCUT2D eigenvalue weighted by Gasteiger charge is -2.20. The molecule has 0 spiro atoms. The van der Waals surface area contributed by atoms with Gasteiger partial charge in [-0.25, -0.2) is 8.42 Å². The van der Waals surface area contributed by atoms with E-state index in [1.165, 1.54) is 5.56 Å². The van der Waals surface area contributed by atoms with E-state index in [1.807, 2.05) is 25.1 Å². The van der Waals surface area contributed by atoms with Gasteiger partial charge in [-0.3, -0.25) is 4.99 Å². The maximum Gasteiger partial charge on any atom is 0.191 e. The lowest BCUT2D eigenvalue weighted by atomic mass is 9.96. The molecule has 1 aromatic rings. The molecule has 1 fully saturated rings. The number of hydrogen-bond donors (Lipinski definition) is 2. The second kappa shape index (κ2) is 8.17. The Morgan fingerprint density at radius 1 is 1.27 bits per heavy atom. The summed E-state index contributed by atoms with van der Waals surface area (Å²) < 4.78 is 23.7. The Hall–Kier alpha value is -1.27. The van der Waals surface area contributed by atoms with Gasteiger partial charge in [-0.05, 0) is 58.2 Å². The Bertz CT molecular complexity index is 750. The van der Waals surface area contributed by atoms with Crippen LogP contribution in [0, 0.1) is 0 Å². The second-order valence-corrected chi connectivity index (χ2v) is 11.1. The monoisotopic (exact) mass is 399 g/mol. The molecule has 1 saturated carbocycles. The van der Waals surface area contributed by atoms with Crippen LogP contribution in [0.25, 0.3) is 0 Å². The summed E-state index contributed by atoms with van der Waals surface area (Å²) in [6, 6.07) is 7.97. The molecule has 0 saturated heterocycles. The fourth-order valence-electron chi connectivity index (χ4n) is 2.69. The van der Waals surface area contributed by atoms with E-state index >= 15 is 0 Å². The van der Waals surface area contributed by atoms with Crippen molar-refractivity contribution in [3.05, 3.63) is 34.9 Å². The first-order valence-electron chi connectivity index (χ1n) is 9.10. The molecule has 5 nitrogen and oxygen atoms in total. The van der Waals surface area contributed by atoms with Gasteiger partial charge in [0.05, 0.1) is 17.0 Å². The van der Waals surface area contributed by atoms with Crippen LogP contribution in [-0.2, 0) is 15.3 Å². The molecule has 1 aliphatic carbocycles. The summed E-state index contributed by atoms with van der Waals surface area (Å²) in [5.41, 5.74) is 1.28. The zero-order valence-electron chi connectivity index (χ0n) is 16.1. The summed E-state index contributed by atoms with van der Waals surface area (Å²) in [6.45, 7) is 8.90. The standard InChI is InChI=1S/C19H30ClN3O2S/c1-5-21-17(22-11-12-26(24,25)18(2,3)4)23-14-19(9-10-19)15-7-6-8-16(20)13-15/h6-8,13H,5,9-12,14H2,1-4H3,(H2,21,22,23). The number of rotatable bonds is 7. The van der Waals surface area contributed by atoms with E-state index in [0.29, 0.717) is 19.0 Å². The second-order valence-electron chi connectivity index (χ2n) is 7.84. The van der Waals surface area contributed by atoms with Crippen molar-refractivity contribution >= 4 is 27.4 Å². The quantitative estimate of drug-likeness (QED) is 0.545. The maximum atomic E-state index is 12.2. The molecule has 0 radical (unpaired) electrons. The fraction of sp³-hybridized carbons (Fsp3) is 0.632. The van der Waals surface area contributed by atoms with Crippen LogP contribution in [0.2, 0.25) is 5.02 Å². The highest BCUT2D eigenvalue weighted by Gasteiger charge is 2.44. The number of benzene rings is 1. The molecule has 0 heterocycles. The van der Waals surface area contributed by atoms with E-state index in [-0.39, 0.29) is 11.2 Å². The van der Waals surface area contributed by atoms with Gasteiger partial charge < -0.3 is 10.6 Å². The first kappa shape index (κ1) is 21.0. The first-order chi connectivity index (χ1) is 12.1. The molecule has 1 aromatic carbocycles. The largest absolute Gasteiger partial charge is 0.357 e. The Morgan fingerprint density at radius 3 is 2.50 bits per heavy atom. The third kappa shape index (κ3) is 5.36. The highest BCUT2D eigenvalue weighted by atomic mass is 35.5. The smallest absolute Gasteiger partial charge is 0.191 e. The van der Waals surface area contributed by atoms with E-state index in [0.717, 1.165) is 24.4 Å². The van der Waals surface area contributed by atoms with Crippen LogP contribution in [0.1, 0.15) is 46.1 Å². The summed E-state index contributed by atoms with van der Waals surface area (Å²) >= 11 is 6.12. The number of nitrogens with one attached hydrogen (secondary N) is 2. The molecule has 0 atom stereocenters. The number of nitrogens with zero attached hydrogens (tertiary/aromatic N) is 1. The minimum absolute atomic E-state index is 0.0603. The fourth-order valence-corrected chi connectivity index (χ4v) is 3.86. The van der Waals surface area contributed by atoms with Gasteiger partial charge in [-0.1, -0.05) is 23.7 Å². The van der Waals surface area contributed by atoms with Crippen molar-refractivity contribution in [1.29, 1.82) is 0 Å². The first-order valence-corrected chi connectivity index (χ1v) is 11.1. The van der Waals surface area contributed by atoms with Crippen LogP contribution in [0.5, 0.6) is 0 Å². The molecule has 146 valence electrons. The van der Waals surface area contributed by atoms with E-state index in [4.69, 9.17) is 16.6 Å². The molecular weight excluding hydrogens is 370 g/mol. The molecule has 0 bridgehead atoms. The molecule has 2 rings (SSSR count). The normalized spacial score (nSPS) is 17.0. The summed E-state index contributed by atoms with van der Waals surface area (Å²) in [6.07, 6.45) is 2.18. The Balaban J connectivity index is 1.99. The SMILES string of the molecule is CCNC(=NCC1(c2cccc(Cl)c2)CC1)NCCS(=O)(=O)C(C)(C)C. The van der Waals surface area contributed by atoms with Crippen molar-refractivity contribution in [3.63, 3.8) is 0 Å². The molecule has 26 heavy (non-hydrogen) atoms. The Morgan fingerprint density at radius 2 is 1.96 bits per heavy atom. The Labute approximate surface area is 162 Å². The molecular formula is C19H30ClN3O2S. The van der Waals surface area contributed by atoms with Crippen molar-refractivity contribution in [2.45, 2.75) is 50.7 Å². The average Bonchev–Trinajstić information content (AvgIpc) is 3.32. The van der Waals surface area contributed by atoms with Crippen LogP contribution in [-0.4, -0.2) is 44.5 Å². The molecule has 0 aliphatic heterocycles. The molecule has 0 aromatic heterocycles. The molecule has 2 N–H and O–H groups in total. The van der Waals surface area contributed by atoms with Gasteiger partial charge in [0, 0.05) is 23.5 Å². The highest BCUT2D eigenvalue weighted by molar-refractivity contribution is 7.92. The molecule has 0 amide bonds. The van der Waals surface area contributed by atoms with Gasteiger partial charge >= 0.3 is 0 Å². The van der Waals surface area contributed by atoms with E-state index in [1.54, 1.807) is 20.8 Å². The number of sulfone groups is 1. The van der Waals surface area contributed by atoms with Crippen molar-refractivity contribution in [1.82, 2.24) is 10.6 Å². The number of guanidine groups is 1. The van der Waals surface area contributed by atoms with Crippen molar-refractivity contribution in [2.75, 3.05) is 25.4 Å². The van der Waals surface area contributed by atoms with Gasteiger partial charge in [0.1, 0.15) is 0 Å². The minimum Gasteiger partial charge on any atom is -0.357 e. The topological polar surface area (TPSA) is 70.6 Å². The highest BCUT2D eigenvalue weighted by Crippen LogP contribution is 2.48. The van der Waals surface area contributed by atoms with E-state index < -0.39 is 14.6 Å². The van der Waals surface area contributed by atoms with Crippen molar-refractivity contribution in [3.8, 4) is 0 Å². The van der Waals surface area contributed by atoms with Gasteiger partial charge in [0.2, 0.25) is 0 Å². The van der Waals surface area contributed by atoms with Crippen LogP contribution in [0.3, 0.4) is 0 Å². The summed E-state index contributed by atoms with van der Waals surface area (Å²) in [4.78, 5) is 4.69. The summed E-state index contributed by atoms with van der Waals surface area (Å²) in [5.74, 6) is 0.741. The average molecular weight is 400 g/mol. The molecule has 7 heteroatoms. The third-order valence-corrected chi connectivity index (χ3v) is 7.61. The maximum absolute atomic E-state index is 12.2. The molecule has 0 unspecified atom stereocenters. The van der Waals surface area contributed by atoms with Crippen LogP contribution in [0.4, 0.5) is 0 Å². The number of hydrogen-bond acceptors (Lipinski definition) is 3. The minimum atomic E-state index is -3.15. The number of halogens is 1. The van der Waals surface area contributed by atoms with Crippen molar-refractivity contribution < 1.29 is 8.42 Å². The summed E-state index contributed by atoms with van der Waals surface area (Å²) in [5, 5.41) is 7.08. The van der Waals surface area contributed by atoms with E-state index in [9.17, 15) is 8.42 Å². The van der Waals surface area contributed by atoms with Crippen LogP contribution < -0.4 is 10.6 Å².